The molecule has 0 bridgehead atoms. The van der Waals surface area contributed by atoms with Crippen molar-refractivity contribution in [3.05, 3.63) is 24.0 Å². The molecule has 2 rings (SSSR count). The lowest BCUT2D eigenvalue weighted by Crippen LogP contribution is -2.18. The Kier molecular flexibility index (Phi) is 6.34. The van der Waals surface area contributed by atoms with E-state index in [1.165, 1.54) is 44.9 Å². The number of hydrogen-bond donors (Lipinski definition) is 1. The molecule has 2 nitrogen and oxygen atoms in total. The van der Waals surface area contributed by atoms with E-state index >= 15 is 0 Å². The Balaban J connectivity index is 1.90. The van der Waals surface area contributed by atoms with E-state index in [0.717, 1.165) is 11.6 Å². The van der Waals surface area contributed by atoms with Crippen LogP contribution in [0.1, 0.15) is 58.8 Å². The molecule has 3 heteroatoms. The molecular formula is C18H28FNO. The van der Waals surface area contributed by atoms with Gasteiger partial charge in [-0.1, -0.05) is 32.6 Å². The van der Waals surface area contributed by atoms with E-state index in [2.05, 4.69) is 12.2 Å². The highest BCUT2D eigenvalue weighted by molar-refractivity contribution is 5.48. The number of anilines is 1. The van der Waals surface area contributed by atoms with Crippen molar-refractivity contribution < 1.29 is 9.13 Å². The average molecular weight is 293 g/mol. The third-order valence-corrected chi connectivity index (χ3v) is 4.39. The monoisotopic (exact) mass is 293 g/mol. The first-order chi connectivity index (χ1) is 10.2. The Labute approximate surface area is 128 Å². The van der Waals surface area contributed by atoms with Crippen molar-refractivity contribution >= 4 is 5.69 Å². The van der Waals surface area contributed by atoms with Crippen LogP contribution < -0.4 is 10.1 Å². The van der Waals surface area contributed by atoms with E-state index in [9.17, 15) is 4.39 Å². The molecule has 0 radical (unpaired) electrons. The molecule has 1 aromatic rings. The summed E-state index contributed by atoms with van der Waals surface area (Å²) in [4.78, 5) is 0. The fourth-order valence-electron chi connectivity index (χ4n) is 3.32. The Hall–Kier alpha value is -1.25. The van der Waals surface area contributed by atoms with Gasteiger partial charge in [0.25, 0.3) is 0 Å². The molecule has 1 aliphatic carbocycles. The second-order valence-corrected chi connectivity index (χ2v) is 6.08. The molecule has 21 heavy (non-hydrogen) atoms. The number of halogens is 1. The third-order valence-electron chi connectivity index (χ3n) is 4.39. The normalized spacial score (nSPS) is 22.6. The van der Waals surface area contributed by atoms with Crippen LogP contribution in [0.2, 0.25) is 0 Å². The fraction of sp³-hybridized carbons (Fsp3) is 0.667. The van der Waals surface area contributed by atoms with Gasteiger partial charge in [-0.3, -0.25) is 0 Å². The molecule has 0 aliphatic heterocycles. The molecule has 2 atom stereocenters. The predicted octanol–water partition coefficient (Wildman–Crippen LogP) is 5.39. The molecule has 0 saturated heterocycles. The Bertz CT molecular complexity index is 435. The first-order valence-electron chi connectivity index (χ1n) is 8.41. The lowest BCUT2D eigenvalue weighted by molar-refractivity contribution is 0.321. The van der Waals surface area contributed by atoms with Crippen molar-refractivity contribution in [1.29, 1.82) is 0 Å². The van der Waals surface area contributed by atoms with Crippen LogP contribution in [0, 0.1) is 11.7 Å². The van der Waals surface area contributed by atoms with Gasteiger partial charge in [-0.15, -0.1) is 0 Å². The molecule has 0 spiro atoms. The first kappa shape index (κ1) is 16.1. The number of nitrogens with one attached hydrogen (secondary N) is 1. The molecule has 1 aliphatic rings. The van der Waals surface area contributed by atoms with Crippen molar-refractivity contribution in [2.24, 2.45) is 5.92 Å². The molecule has 2 unspecified atom stereocenters. The molecule has 1 fully saturated rings. The summed E-state index contributed by atoms with van der Waals surface area (Å²) in [7, 11) is 0. The van der Waals surface area contributed by atoms with Crippen LogP contribution in [-0.4, -0.2) is 12.6 Å². The van der Waals surface area contributed by atoms with Gasteiger partial charge in [0.15, 0.2) is 11.6 Å². The van der Waals surface area contributed by atoms with Crippen LogP contribution in [0.4, 0.5) is 10.1 Å². The van der Waals surface area contributed by atoms with Crippen molar-refractivity contribution in [2.45, 2.75) is 64.8 Å². The summed E-state index contributed by atoms with van der Waals surface area (Å²) in [5.74, 6) is 0.949. The number of rotatable bonds is 6. The van der Waals surface area contributed by atoms with E-state index < -0.39 is 0 Å². The standard InChI is InChI=1S/C18H28FNO/c1-3-6-14-7-5-8-15(10-9-14)20-16-11-12-18(21-4-2)17(19)13-16/h11-15,20H,3-10H2,1-2H3. The van der Waals surface area contributed by atoms with E-state index in [1.807, 2.05) is 13.0 Å². The topological polar surface area (TPSA) is 21.3 Å². The molecule has 118 valence electrons. The summed E-state index contributed by atoms with van der Waals surface area (Å²) in [6, 6.07) is 5.67. The summed E-state index contributed by atoms with van der Waals surface area (Å²) in [5, 5.41) is 3.50. The van der Waals surface area contributed by atoms with Crippen LogP contribution in [0.25, 0.3) is 0 Å². The number of hydrogen-bond acceptors (Lipinski definition) is 2. The van der Waals surface area contributed by atoms with Crippen molar-refractivity contribution in [2.75, 3.05) is 11.9 Å². The van der Waals surface area contributed by atoms with Gasteiger partial charge >= 0.3 is 0 Å². The van der Waals surface area contributed by atoms with Gasteiger partial charge in [0.1, 0.15) is 0 Å². The fourth-order valence-corrected chi connectivity index (χ4v) is 3.32. The maximum Gasteiger partial charge on any atom is 0.167 e. The van der Waals surface area contributed by atoms with Crippen molar-refractivity contribution in [3.63, 3.8) is 0 Å². The smallest absolute Gasteiger partial charge is 0.167 e. The Morgan fingerprint density at radius 2 is 2.05 bits per heavy atom. The van der Waals surface area contributed by atoms with Gasteiger partial charge in [0, 0.05) is 17.8 Å². The molecule has 0 amide bonds. The zero-order valence-electron chi connectivity index (χ0n) is 13.3. The summed E-state index contributed by atoms with van der Waals surface area (Å²) in [6.07, 6.45) is 8.95. The maximum absolute atomic E-state index is 13.9. The lowest BCUT2D eigenvalue weighted by atomic mass is 9.95. The SMILES string of the molecule is CCCC1CCCC(Nc2ccc(OCC)c(F)c2)CC1. The van der Waals surface area contributed by atoms with Crippen LogP contribution in [0.15, 0.2) is 18.2 Å². The van der Waals surface area contributed by atoms with Crippen LogP contribution in [0.5, 0.6) is 5.75 Å². The van der Waals surface area contributed by atoms with Gasteiger partial charge in [-0.25, -0.2) is 4.39 Å². The Morgan fingerprint density at radius 1 is 1.19 bits per heavy atom. The predicted molar refractivity (Wildman–Crippen MR) is 86.5 cm³/mol. The molecular weight excluding hydrogens is 265 g/mol. The van der Waals surface area contributed by atoms with Crippen LogP contribution >= 0.6 is 0 Å². The summed E-state index contributed by atoms with van der Waals surface area (Å²) >= 11 is 0. The first-order valence-corrected chi connectivity index (χ1v) is 8.41. The molecule has 0 aromatic heterocycles. The second-order valence-electron chi connectivity index (χ2n) is 6.08. The Morgan fingerprint density at radius 3 is 2.76 bits per heavy atom. The second kappa shape index (κ2) is 8.26. The third kappa shape index (κ3) is 4.90. The molecule has 0 heterocycles. The summed E-state index contributed by atoms with van der Waals surface area (Å²) < 4.78 is 19.1. The minimum absolute atomic E-state index is 0.278. The molecule has 1 aromatic carbocycles. The minimum Gasteiger partial charge on any atom is -0.491 e. The van der Waals surface area contributed by atoms with E-state index in [1.54, 1.807) is 12.1 Å². The van der Waals surface area contributed by atoms with Crippen LogP contribution in [0.3, 0.4) is 0 Å². The van der Waals surface area contributed by atoms with Gasteiger partial charge in [-0.2, -0.15) is 0 Å². The number of ether oxygens (including phenoxy) is 1. The largest absolute Gasteiger partial charge is 0.491 e. The highest BCUT2D eigenvalue weighted by Crippen LogP contribution is 2.29. The lowest BCUT2D eigenvalue weighted by Gasteiger charge is -2.18. The molecule has 1 saturated carbocycles. The summed E-state index contributed by atoms with van der Waals surface area (Å²) in [6.45, 7) is 4.62. The number of benzene rings is 1. The van der Waals surface area contributed by atoms with Crippen molar-refractivity contribution in [1.82, 2.24) is 0 Å². The van der Waals surface area contributed by atoms with E-state index in [4.69, 9.17) is 4.74 Å². The highest BCUT2D eigenvalue weighted by Gasteiger charge is 2.18. The zero-order chi connectivity index (χ0) is 15.1. The van der Waals surface area contributed by atoms with Gasteiger partial charge in [0.05, 0.1) is 6.61 Å². The minimum atomic E-state index is -0.278. The van der Waals surface area contributed by atoms with Gasteiger partial charge in [0.2, 0.25) is 0 Å². The maximum atomic E-state index is 13.9. The summed E-state index contributed by atoms with van der Waals surface area (Å²) in [5.41, 5.74) is 0.870. The van der Waals surface area contributed by atoms with Gasteiger partial charge in [-0.05, 0) is 44.2 Å². The van der Waals surface area contributed by atoms with Gasteiger partial charge < -0.3 is 10.1 Å². The van der Waals surface area contributed by atoms with Crippen LogP contribution in [-0.2, 0) is 0 Å². The zero-order valence-corrected chi connectivity index (χ0v) is 13.3. The average Bonchev–Trinajstić information content (AvgIpc) is 2.68. The molecule has 1 N–H and O–H groups in total. The highest BCUT2D eigenvalue weighted by atomic mass is 19.1. The van der Waals surface area contributed by atoms with Crippen molar-refractivity contribution in [3.8, 4) is 5.75 Å². The quantitative estimate of drug-likeness (QED) is 0.710. The van der Waals surface area contributed by atoms with E-state index in [-0.39, 0.29) is 5.82 Å². The van der Waals surface area contributed by atoms with E-state index in [0.29, 0.717) is 18.4 Å².